The van der Waals surface area contributed by atoms with E-state index in [0.717, 1.165) is 42.7 Å². The number of likely N-dealkylation sites (N-methyl/N-ethyl adjacent to an activating group) is 1. The zero-order valence-electron chi connectivity index (χ0n) is 19.0. The van der Waals surface area contributed by atoms with Crippen LogP contribution in [0.1, 0.15) is 56.9 Å². The number of methoxy groups -OCH3 is 1. The van der Waals surface area contributed by atoms with Crippen LogP contribution in [0.15, 0.2) is 23.2 Å². The molecule has 174 valence electrons. The summed E-state index contributed by atoms with van der Waals surface area (Å²) in [6.07, 6.45) is 9.67. The van der Waals surface area contributed by atoms with Crippen molar-refractivity contribution in [1.82, 2.24) is 15.5 Å². The molecular weight excluding hydrogens is 507 g/mol. The van der Waals surface area contributed by atoms with Crippen LogP contribution in [-0.4, -0.2) is 56.7 Å². The van der Waals surface area contributed by atoms with E-state index < -0.39 is 0 Å². The number of aliphatic imine (C=N–C) groups is 1. The number of nitrogens with one attached hydrogen (secondary N) is 2. The highest BCUT2D eigenvalue weighted by atomic mass is 127. The second kappa shape index (κ2) is 13.0. The van der Waals surface area contributed by atoms with Crippen molar-refractivity contribution in [2.75, 3.05) is 27.7 Å². The zero-order chi connectivity index (χ0) is 21.3. The van der Waals surface area contributed by atoms with Crippen molar-refractivity contribution in [2.24, 2.45) is 4.99 Å². The molecule has 0 spiro atoms. The number of rotatable bonds is 8. The lowest BCUT2D eigenvalue weighted by atomic mass is 10.2. The fourth-order valence-corrected chi connectivity index (χ4v) is 3.99. The number of hydrogen-bond acceptors (Lipinski definition) is 4. The van der Waals surface area contributed by atoms with Gasteiger partial charge in [-0.25, -0.2) is 4.99 Å². The van der Waals surface area contributed by atoms with E-state index >= 15 is 0 Å². The van der Waals surface area contributed by atoms with Gasteiger partial charge in [0.2, 0.25) is 5.91 Å². The van der Waals surface area contributed by atoms with Crippen LogP contribution in [0.4, 0.5) is 0 Å². The summed E-state index contributed by atoms with van der Waals surface area (Å²) in [5.41, 5.74) is 1.02. The quantitative estimate of drug-likeness (QED) is 0.297. The number of carbonyl (C=O) groups excluding carboxylic acids is 1. The van der Waals surface area contributed by atoms with Gasteiger partial charge in [0, 0.05) is 31.8 Å². The Balaban J connectivity index is 0.00000341. The fraction of sp³-hybridized carbons (Fsp3) is 0.652. The Labute approximate surface area is 203 Å². The van der Waals surface area contributed by atoms with E-state index in [4.69, 9.17) is 14.5 Å². The molecule has 8 heteroatoms. The summed E-state index contributed by atoms with van der Waals surface area (Å²) in [5, 5.41) is 6.69. The zero-order valence-corrected chi connectivity index (χ0v) is 21.3. The van der Waals surface area contributed by atoms with Crippen LogP contribution in [0.3, 0.4) is 0 Å². The maximum Gasteiger partial charge on any atom is 0.241 e. The van der Waals surface area contributed by atoms with E-state index in [-0.39, 0.29) is 42.5 Å². The lowest BCUT2D eigenvalue weighted by molar-refractivity contribution is -0.127. The molecule has 0 aromatic heterocycles. The predicted molar refractivity (Wildman–Crippen MR) is 135 cm³/mol. The first-order valence-corrected chi connectivity index (χ1v) is 11.1. The minimum atomic E-state index is 0. The van der Waals surface area contributed by atoms with Gasteiger partial charge in [0.05, 0.1) is 26.3 Å². The molecule has 2 saturated carbocycles. The van der Waals surface area contributed by atoms with Crippen LogP contribution >= 0.6 is 24.0 Å². The molecule has 2 aliphatic rings. The molecule has 0 unspecified atom stereocenters. The van der Waals surface area contributed by atoms with Crippen LogP contribution in [0.2, 0.25) is 0 Å². The van der Waals surface area contributed by atoms with Gasteiger partial charge in [-0.2, -0.15) is 0 Å². The maximum absolute atomic E-state index is 12.0. The highest BCUT2D eigenvalue weighted by molar-refractivity contribution is 14.0. The van der Waals surface area contributed by atoms with E-state index in [9.17, 15) is 4.79 Å². The van der Waals surface area contributed by atoms with Gasteiger partial charge in [0.1, 0.15) is 11.5 Å². The van der Waals surface area contributed by atoms with Gasteiger partial charge in [0.15, 0.2) is 5.96 Å². The lowest BCUT2D eigenvalue weighted by Crippen LogP contribution is -2.46. The van der Waals surface area contributed by atoms with Gasteiger partial charge in [-0.1, -0.05) is 12.8 Å². The van der Waals surface area contributed by atoms with Crippen LogP contribution in [0, 0.1) is 0 Å². The lowest BCUT2D eigenvalue weighted by Gasteiger charge is -2.19. The Kier molecular flexibility index (Phi) is 10.7. The summed E-state index contributed by atoms with van der Waals surface area (Å²) in [5.74, 6) is 2.33. The first-order valence-electron chi connectivity index (χ1n) is 11.1. The number of benzene rings is 1. The van der Waals surface area contributed by atoms with Crippen LogP contribution in [0.5, 0.6) is 11.5 Å². The first kappa shape index (κ1) is 25.5. The number of halogens is 1. The Morgan fingerprint density at radius 2 is 1.81 bits per heavy atom. The number of amides is 1. The molecule has 0 radical (unpaired) electrons. The van der Waals surface area contributed by atoms with Crippen molar-refractivity contribution in [3.63, 3.8) is 0 Å². The predicted octanol–water partition coefficient (Wildman–Crippen LogP) is 3.70. The fourth-order valence-electron chi connectivity index (χ4n) is 3.99. The van der Waals surface area contributed by atoms with Crippen molar-refractivity contribution in [3.8, 4) is 11.5 Å². The standard InChI is InChI=1S/C23H36N4O3.HI/c1-27(2)22(28)16-25-23(26-18-8-4-5-9-18)24-15-17-12-13-20(29-3)14-21(17)30-19-10-6-7-11-19;/h12-14,18-19H,4-11,15-16H2,1-3H3,(H2,24,25,26);1H. The molecule has 0 bridgehead atoms. The Bertz CT molecular complexity index is 730. The molecule has 1 aromatic carbocycles. The minimum Gasteiger partial charge on any atom is -0.497 e. The summed E-state index contributed by atoms with van der Waals surface area (Å²) in [6.45, 7) is 0.698. The first-order chi connectivity index (χ1) is 14.5. The Hall–Kier alpha value is -1.71. The number of ether oxygens (including phenoxy) is 2. The molecule has 1 aromatic rings. The minimum absolute atomic E-state index is 0. The normalized spacial score (nSPS) is 17.2. The monoisotopic (exact) mass is 544 g/mol. The number of nitrogens with zero attached hydrogens (tertiary/aromatic N) is 2. The van der Waals surface area contributed by atoms with Crippen molar-refractivity contribution >= 4 is 35.8 Å². The van der Waals surface area contributed by atoms with Crippen molar-refractivity contribution in [2.45, 2.75) is 70.1 Å². The number of guanidine groups is 1. The highest BCUT2D eigenvalue weighted by Crippen LogP contribution is 2.30. The van der Waals surface area contributed by atoms with Gasteiger partial charge in [-0.3, -0.25) is 4.79 Å². The SMILES string of the molecule is COc1ccc(CN=C(NCC(=O)N(C)C)NC2CCCC2)c(OC2CCCC2)c1.I. The Morgan fingerprint density at radius 1 is 1.13 bits per heavy atom. The second-order valence-electron chi connectivity index (χ2n) is 8.43. The summed E-state index contributed by atoms with van der Waals surface area (Å²) in [4.78, 5) is 18.4. The van der Waals surface area contributed by atoms with E-state index in [1.54, 1.807) is 26.1 Å². The molecule has 0 aliphatic heterocycles. The van der Waals surface area contributed by atoms with E-state index in [1.165, 1.54) is 25.7 Å². The van der Waals surface area contributed by atoms with Gasteiger partial charge < -0.3 is 25.0 Å². The summed E-state index contributed by atoms with van der Waals surface area (Å²) in [6, 6.07) is 6.33. The molecule has 7 nitrogen and oxygen atoms in total. The van der Waals surface area contributed by atoms with Gasteiger partial charge in [-0.15, -0.1) is 24.0 Å². The molecule has 1 amide bonds. The molecular formula is C23H37IN4O3. The number of hydrogen-bond donors (Lipinski definition) is 2. The van der Waals surface area contributed by atoms with Crippen LogP contribution < -0.4 is 20.1 Å². The molecule has 0 saturated heterocycles. The third-order valence-electron chi connectivity index (χ3n) is 5.88. The molecule has 2 N–H and O–H groups in total. The number of carbonyl (C=O) groups is 1. The third-order valence-corrected chi connectivity index (χ3v) is 5.88. The van der Waals surface area contributed by atoms with Gasteiger partial charge >= 0.3 is 0 Å². The Morgan fingerprint density at radius 3 is 2.45 bits per heavy atom. The molecule has 2 fully saturated rings. The van der Waals surface area contributed by atoms with Crippen molar-refractivity contribution in [3.05, 3.63) is 23.8 Å². The van der Waals surface area contributed by atoms with E-state index in [0.29, 0.717) is 18.5 Å². The second-order valence-corrected chi connectivity index (χ2v) is 8.43. The summed E-state index contributed by atoms with van der Waals surface area (Å²) in [7, 11) is 5.19. The maximum atomic E-state index is 12.0. The molecule has 31 heavy (non-hydrogen) atoms. The third kappa shape index (κ3) is 8.05. The largest absolute Gasteiger partial charge is 0.497 e. The molecule has 2 aliphatic carbocycles. The average molecular weight is 544 g/mol. The van der Waals surface area contributed by atoms with Gasteiger partial charge in [-0.05, 0) is 50.7 Å². The molecule has 3 rings (SSSR count). The highest BCUT2D eigenvalue weighted by Gasteiger charge is 2.19. The van der Waals surface area contributed by atoms with Gasteiger partial charge in [0.25, 0.3) is 0 Å². The topological polar surface area (TPSA) is 75.2 Å². The smallest absolute Gasteiger partial charge is 0.241 e. The summed E-state index contributed by atoms with van der Waals surface area (Å²) >= 11 is 0. The molecule has 0 atom stereocenters. The van der Waals surface area contributed by atoms with E-state index in [2.05, 4.69) is 10.6 Å². The average Bonchev–Trinajstić information content (AvgIpc) is 3.44. The summed E-state index contributed by atoms with van der Waals surface area (Å²) < 4.78 is 11.7. The van der Waals surface area contributed by atoms with Crippen molar-refractivity contribution in [1.29, 1.82) is 0 Å². The molecule has 0 heterocycles. The van der Waals surface area contributed by atoms with Crippen LogP contribution in [-0.2, 0) is 11.3 Å². The van der Waals surface area contributed by atoms with Crippen molar-refractivity contribution < 1.29 is 14.3 Å². The van der Waals surface area contributed by atoms with E-state index in [1.807, 2.05) is 18.2 Å². The van der Waals surface area contributed by atoms with Crippen LogP contribution in [0.25, 0.3) is 0 Å².